The second-order valence-electron chi connectivity index (χ2n) is 6.07. The van der Waals surface area contributed by atoms with Crippen LogP contribution in [0.2, 0.25) is 5.02 Å². The van der Waals surface area contributed by atoms with Gasteiger partial charge in [0.15, 0.2) is 0 Å². The molecule has 24 heavy (non-hydrogen) atoms. The topological polar surface area (TPSA) is 49.4 Å². The maximum atomic E-state index is 12.5. The molecule has 1 N–H and O–H groups in total. The van der Waals surface area contributed by atoms with Crippen molar-refractivity contribution in [3.63, 3.8) is 0 Å². The van der Waals surface area contributed by atoms with Crippen molar-refractivity contribution in [2.75, 3.05) is 16.8 Å². The van der Waals surface area contributed by atoms with Crippen LogP contribution in [0.5, 0.6) is 0 Å². The Morgan fingerprint density at radius 2 is 1.92 bits per heavy atom. The first kappa shape index (κ1) is 16.5. The summed E-state index contributed by atoms with van der Waals surface area (Å²) in [6.07, 6.45) is 1.42. The summed E-state index contributed by atoms with van der Waals surface area (Å²) in [5, 5.41) is 3.29. The Kier molecular flexibility index (Phi) is 4.58. The summed E-state index contributed by atoms with van der Waals surface area (Å²) in [7, 11) is 0. The van der Waals surface area contributed by atoms with E-state index >= 15 is 0 Å². The maximum absolute atomic E-state index is 12.5. The molecule has 124 valence electrons. The van der Waals surface area contributed by atoms with Crippen molar-refractivity contribution < 1.29 is 9.59 Å². The highest BCUT2D eigenvalue weighted by atomic mass is 35.5. The fourth-order valence-electron chi connectivity index (χ4n) is 2.78. The smallest absolute Gasteiger partial charge is 0.255 e. The Balaban J connectivity index is 1.84. The molecule has 0 radical (unpaired) electrons. The third kappa shape index (κ3) is 3.29. The van der Waals surface area contributed by atoms with E-state index in [1.807, 2.05) is 26.0 Å². The number of hydrogen-bond acceptors (Lipinski definition) is 2. The molecule has 0 aliphatic carbocycles. The summed E-state index contributed by atoms with van der Waals surface area (Å²) < 4.78 is 0. The van der Waals surface area contributed by atoms with Crippen LogP contribution >= 0.6 is 11.6 Å². The molecule has 4 nitrogen and oxygen atoms in total. The Morgan fingerprint density at radius 3 is 2.58 bits per heavy atom. The minimum atomic E-state index is -0.218. The fraction of sp³-hybridized carbons (Fsp3) is 0.263. The molecule has 0 saturated carbocycles. The zero-order valence-electron chi connectivity index (χ0n) is 13.7. The van der Waals surface area contributed by atoms with Gasteiger partial charge < -0.3 is 10.2 Å². The molecule has 1 aliphatic rings. The van der Waals surface area contributed by atoms with Gasteiger partial charge in [0.05, 0.1) is 10.7 Å². The zero-order chi connectivity index (χ0) is 17.3. The van der Waals surface area contributed by atoms with Crippen LogP contribution in [-0.4, -0.2) is 18.4 Å². The van der Waals surface area contributed by atoms with Crippen molar-refractivity contribution in [1.82, 2.24) is 0 Å². The van der Waals surface area contributed by atoms with Gasteiger partial charge in [-0.1, -0.05) is 17.7 Å². The summed E-state index contributed by atoms with van der Waals surface area (Å²) in [4.78, 5) is 26.1. The van der Waals surface area contributed by atoms with E-state index < -0.39 is 0 Å². The van der Waals surface area contributed by atoms with Gasteiger partial charge in [0.1, 0.15) is 0 Å². The standard InChI is InChI=1S/C19H19ClN2O2/c1-12-5-6-14(10-13(12)2)19(24)21-17-11-15(7-8-16(17)20)22-9-3-4-18(22)23/h5-8,10-11H,3-4,9H2,1-2H3,(H,21,24). The van der Waals surface area contributed by atoms with Crippen molar-refractivity contribution in [2.45, 2.75) is 26.7 Å². The Hall–Kier alpha value is -2.33. The third-order valence-corrected chi connectivity index (χ3v) is 4.68. The van der Waals surface area contributed by atoms with Gasteiger partial charge in [-0.3, -0.25) is 9.59 Å². The van der Waals surface area contributed by atoms with E-state index in [0.29, 0.717) is 29.2 Å². The van der Waals surface area contributed by atoms with Crippen LogP contribution in [-0.2, 0) is 4.79 Å². The minimum Gasteiger partial charge on any atom is -0.321 e. The summed E-state index contributed by atoms with van der Waals surface area (Å²) in [5.41, 5.74) is 4.05. The summed E-state index contributed by atoms with van der Waals surface area (Å²) in [5.74, 6) is -0.117. The molecule has 2 aromatic rings. The Bertz CT molecular complexity index is 817. The van der Waals surface area contributed by atoms with E-state index in [9.17, 15) is 9.59 Å². The Morgan fingerprint density at radius 1 is 1.12 bits per heavy atom. The molecule has 2 amide bonds. The second-order valence-corrected chi connectivity index (χ2v) is 6.47. The van der Waals surface area contributed by atoms with Gasteiger partial charge in [0.25, 0.3) is 5.91 Å². The predicted octanol–water partition coefficient (Wildman–Crippen LogP) is 4.34. The summed E-state index contributed by atoms with van der Waals surface area (Å²) >= 11 is 6.21. The van der Waals surface area contributed by atoms with Gasteiger partial charge in [-0.2, -0.15) is 0 Å². The second kappa shape index (κ2) is 6.65. The highest BCUT2D eigenvalue weighted by molar-refractivity contribution is 6.34. The highest BCUT2D eigenvalue weighted by Gasteiger charge is 2.22. The highest BCUT2D eigenvalue weighted by Crippen LogP contribution is 2.30. The van der Waals surface area contributed by atoms with Crippen LogP contribution in [0.25, 0.3) is 0 Å². The average Bonchev–Trinajstić information content (AvgIpc) is 2.98. The van der Waals surface area contributed by atoms with Crippen LogP contribution in [0, 0.1) is 13.8 Å². The molecule has 3 rings (SSSR count). The predicted molar refractivity (Wildman–Crippen MR) is 96.9 cm³/mol. The lowest BCUT2D eigenvalue weighted by molar-refractivity contribution is -0.117. The third-order valence-electron chi connectivity index (χ3n) is 4.35. The van der Waals surface area contributed by atoms with Crippen LogP contribution in [0.1, 0.15) is 34.3 Å². The molecule has 1 aliphatic heterocycles. The number of nitrogens with zero attached hydrogens (tertiary/aromatic N) is 1. The van der Waals surface area contributed by atoms with Gasteiger partial charge in [-0.05, 0) is 61.7 Å². The van der Waals surface area contributed by atoms with E-state index in [1.165, 1.54) is 0 Å². The van der Waals surface area contributed by atoms with Crippen molar-refractivity contribution in [3.8, 4) is 0 Å². The molecule has 1 heterocycles. The van der Waals surface area contributed by atoms with Crippen molar-refractivity contribution in [2.24, 2.45) is 0 Å². The minimum absolute atomic E-state index is 0.101. The van der Waals surface area contributed by atoms with Crippen LogP contribution < -0.4 is 10.2 Å². The van der Waals surface area contributed by atoms with Crippen LogP contribution in [0.4, 0.5) is 11.4 Å². The quantitative estimate of drug-likeness (QED) is 0.902. The lowest BCUT2D eigenvalue weighted by Crippen LogP contribution is -2.23. The lowest BCUT2D eigenvalue weighted by atomic mass is 10.1. The van der Waals surface area contributed by atoms with Gasteiger partial charge in [-0.15, -0.1) is 0 Å². The molecule has 1 fully saturated rings. The number of carbonyl (C=O) groups is 2. The number of anilines is 2. The van der Waals surface area contributed by atoms with E-state index in [2.05, 4.69) is 5.32 Å². The van der Waals surface area contributed by atoms with E-state index in [-0.39, 0.29) is 11.8 Å². The van der Waals surface area contributed by atoms with E-state index in [1.54, 1.807) is 29.2 Å². The largest absolute Gasteiger partial charge is 0.321 e. The number of carbonyl (C=O) groups excluding carboxylic acids is 2. The average molecular weight is 343 g/mol. The molecule has 0 atom stereocenters. The first-order chi connectivity index (χ1) is 11.5. The molecule has 5 heteroatoms. The van der Waals surface area contributed by atoms with Gasteiger partial charge in [-0.25, -0.2) is 0 Å². The first-order valence-electron chi connectivity index (χ1n) is 7.94. The fourth-order valence-corrected chi connectivity index (χ4v) is 2.94. The van der Waals surface area contributed by atoms with Crippen LogP contribution in [0.3, 0.4) is 0 Å². The number of aryl methyl sites for hydroxylation is 2. The van der Waals surface area contributed by atoms with E-state index in [0.717, 1.165) is 23.2 Å². The normalized spacial score (nSPS) is 14.1. The Labute approximate surface area is 146 Å². The van der Waals surface area contributed by atoms with Crippen LogP contribution in [0.15, 0.2) is 36.4 Å². The van der Waals surface area contributed by atoms with E-state index in [4.69, 9.17) is 11.6 Å². The lowest BCUT2D eigenvalue weighted by Gasteiger charge is -2.17. The number of hydrogen-bond donors (Lipinski definition) is 1. The van der Waals surface area contributed by atoms with Crippen molar-refractivity contribution in [3.05, 3.63) is 58.1 Å². The SMILES string of the molecule is Cc1ccc(C(=O)Nc2cc(N3CCCC3=O)ccc2Cl)cc1C. The monoisotopic (exact) mass is 342 g/mol. The van der Waals surface area contributed by atoms with Crippen molar-refractivity contribution in [1.29, 1.82) is 0 Å². The number of amides is 2. The molecule has 0 unspecified atom stereocenters. The maximum Gasteiger partial charge on any atom is 0.255 e. The number of benzene rings is 2. The zero-order valence-corrected chi connectivity index (χ0v) is 14.5. The number of nitrogens with one attached hydrogen (secondary N) is 1. The van der Waals surface area contributed by atoms with Crippen molar-refractivity contribution >= 4 is 34.8 Å². The molecule has 2 aromatic carbocycles. The molecular formula is C19H19ClN2O2. The molecule has 0 aromatic heterocycles. The van der Waals surface area contributed by atoms with Gasteiger partial charge >= 0.3 is 0 Å². The summed E-state index contributed by atoms with van der Waals surface area (Å²) in [6, 6.07) is 10.8. The molecular weight excluding hydrogens is 324 g/mol. The first-order valence-corrected chi connectivity index (χ1v) is 8.32. The molecule has 0 spiro atoms. The summed E-state index contributed by atoms with van der Waals surface area (Å²) in [6.45, 7) is 4.67. The number of rotatable bonds is 3. The molecule has 1 saturated heterocycles. The number of halogens is 1. The van der Waals surface area contributed by atoms with Gasteiger partial charge in [0.2, 0.25) is 5.91 Å². The van der Waals surface area contributed by atoms with Gasteiger partial charge in [0, 0.05) is 24.2 Å². The molecule has 0 bridgehead atoms.